The maximum Gasteiger partial charge on any atom is 0.263 e. The van der Waals surface area contributed by atoms with Gasteiger partial charge in [-0.25, -0.2) is 9.97 Å². The molecule has 0 aliphatic carbocycles. The zero-order valence-corrected chi connectivity index (χ0v) is 13.5. The minimum atomic E-state index is 0.0946. The van der Waals surface area contributed by atoms with Crippen molar-refractivity contribution in [3.63, 3.8) is 0 Å². The fourth-order valence-electron chi connectivity index (χ4n) is 2.86. The van der Waals surface area contributed by atoms with Crippen LogP contribution in [0, 0.1) is 6.92 Å². The number of aryl methyl sites for hydroxylation is 1. The summed E-state index contributed by atoms with van der Waals surface area (Å²) in [5.41, 5.74) is 0.933. The molecule has 0 amide bonds. The molecule has 126 valence electrons. The highest BCUT2D eigenvalue weighted by Crippen LogP contribution is 2.23. The first-order chi connectivity index (χ1) is 11.8. The number of rotatable bonds is 5. The quantitative estimate of drug-likeness (QED) is 0.705. The number of ether oxygens (including phenoxy) is 1. The topological polar surface area (TPSA) is 82.4 Å². The molecule has 1 saturated heterocycles. The number of hydrogen-bond acceptors (Lipinski definition) is 7. The molecule has 0 saturated carbocycles. The SMILES string of the molecule is Cc1oc(-c2ccco2)nc1CN1CCO[C@H](Cn2cncn2)C1. The summed E-state index contributed by atoms with van der Waals surface area (Å²) < 4.78 is 18.7. The summed E-state index contributed by atoms with van der Waals surface area (Å²) in [4.78, 5) is 10.9. The lowest BCUT2D eigenvalue weighted by molar-refractivity contribution is -0.0406. The molecule has 24 heavy (non-hydrogen) atoms. The van der Waals surface area contributed by atoms with E-state index in [9.17, 15) is 0 Å². The summed E-state index contributed by atoms with van der Waals surface area (Å²) in [6.07, 6.45) is 4.96. The Balaban J connectivity index is 1.41. The Bertz CT molecular complexity index is 766. The van der Waals surface area contributed by atoms with Gasteiger partial charge in [0.25, 0.3) is 5.89 Å². The van der Waals surface area contributed by atoms with Gasteiger partial charge in [0.1, 0.15) is 18.4 Å². The number of oxazole rings is 1. The molecule has 1 atom stereocenters. The highest BCUT2D eigenvalue weighted by atomic mass is 16.5. The molecule has 1 aliphatic heterocycles. The first-order valence-electron chi connectivity index (χ1n) is 7.94. The summed E-state index contributed by atoms with van der Waals surface area (Å²) in [7, 11) is 0. The van der Waals surface area contributed by atoms with E-state index < -0.39 is 0 Å². The van der Waals surface area contributed by atoms with Crippen LogP contribution in [-0.4, -0.2) is 50.4 Å². The van der Waals surface area contributed by atoms with Crippen LogP contribution in [0.3, 0.4) is 0 Å². The van der Waals surface area contributed by atoms with Crippen molar-refractivity contribution < 1.29 is 13.6 Å². The van der Waals surface area contributed by atoms with Crippen LogP contribution >= 0.6 is 0 Å². The van der Waals surface area contributed by atoms with Crippen LogP contribution in [0.15, 0.2) is 39.9 Å². The molecule has 0 bridgehead atoms. The van der Waals surface area contributed by atoms with Gasteiger partial charge in [0.05, 0.1) is 31.2 Å². The van der Waals surface area contributed by atoms with E-state index in [0.717, 1.165) is 31.1 Å². The van der Waals surface area contributed by atoms with Crippen molar-refractivity contribution in [1.29, 1.82) is 0 Å². The van der Waals surface area contributed by atoms with E-state index in [1.807, 2.05) is 19.1 Å². The summed E-state index contributed by atoms with van der Waals surface area (Å²) in [6.45, 7) is 5.75. The molecule has 0 aromatic carbocycles. The summed E-state index contributed by atoms with van der Waals surface area (Å²) in [6, 6.07) is 3.67. The van der Waals surface area contributed by atoms with Gasteiger partial charge in [-0.15, -0.1) is 0 Å². The Morgan fingerprint density at radius 3 is 3.12 bits per heavy atom. The molecule has 8 nitrogen and oxygen atoms in total. The first-order valence-corrected chi connectivity index (χ1v) is 7.94. The maximum absolute atomic E-state index is 5.82. The second-order valence-corrected chi connectivity index (χ2v) is 5.84. The molecule has 3 aromatic heterocycles. The minimum Gasteiger partial charge on any atom is -0.459 e. The first kappa shape index (κ1) is 15.1. The largest absolute Gasteiger partial charge is 0.459 e. The van der Waals surface area contributed by atoms with Crippen molar-refractivity contribution in [1.82, 2.24) is 24.6 Å². The Hall–Kier alpha value is -2.45. The Morgan fingerprint density at radius 2 is 2.33 bits per heavy atom. The number of hydrogen-bond donors (Lipinski definition) is 0. The molecule has 1 aliphatic rings. The third-order valence-corrected chi connectivity index (χ3v) is 4.08. The summed E-state index contributed by atoms with van der Waals surface area (Å²) in [5, 5.41) is 4.13. The fourth-order valence-corrected chi connectivity index (χ4v) is 2.86. The summed E-state index contributed by atoms with van der Waals surface area (Å²) >= 11 is 0. The second-order valence-electron chi connectivity index (χ2n) is 5.84. The van der Waals surface area contributed by atoms with Crippen LogP contribution in [0.25, 0.3) is 11.7 Å². The minimum absolute atomic E-state index is 0.0946. The Morgan fingerprint density at radius 1 is 1.38 bits per heavy atom. The molecular formula is C16H19N5O3. The van der Waals surface area contributed by atoms with Crippen molar-refractivity contribution >= 4 is 0 Å². The smallest absolute Gasteiger partial charge is 0.263 e. The molecule has 1 fully saturated rings. The van der Waals surface area contributed by atoms with E-state index in [2.05, 4.69) is 20.0 Å². The molecule has 4 rings (SSSR count). The van der Waals surface area contributed by atoms with Crippen molar-refractivity contribution in [3.8, 4) is 11.7 Å². The van der Waals surface area contributed by atoms with Gasteiger partial charge in [-0.05, 0) is 19.1 Å². The normalized spacial score (nSPS) is 19.0. The number of furan rings is 1. The third-order valence-electron chi connectivity index (χ3n) is 4.08. The van der Waals surface area contributed by atoms with E-state index in [4.69, 9.17) is 13.6 Å². The van der Waals surface area contributed by atoms with E-state index >= 15 is 0 Å². The molecule has 0 spiro atoms. The van der Waals surface area contributed by atoms with Crippen LogP contribution in [0.1, 0.15) is 11.5 Å². The van der Waals surface area contributed by atoms with Gasteiger partial charge in [0.2, 0.25) is 0 Å². The highest BCUT2D eigenvalue weighted by Gasteiger charge is 2.23. The van der Waals surface area contributed by atoms with Gasteiger partial charge in [0, 0.05) is 19.6 Å². The average molecular weight is 329 g/mol. The van der Waals surface area contributed by atoms with Crippen LogP contribution in [0.5, 0.6) is 0 Å². The summed E-state index contributed by atoms with van der Waals surface area (Å²) in [5.74, 6) is 2.00. The van der Waals surface area contributed by atoms with E-state index in [-0.39, 0.29) is 6.10 Å². The Kier molecular flexibility index (Phi) is 4.14. The number of morpholine rings is 1. The van der Waals surface area contributed by atoms with Crippen LogP contribution in [0.4, 0.5) is 0 Å². The predicted octanol–water partition coefficient (Wildman–Crippen LogP) is 1.74. The van der Waals surface area contributed by atoms with Crippen molar-refractivity contribution in [2.45, 2.75) is 26.1 Å². The van der Waals surface area contributed by atoms with Gasteiger partial charge in [-0.3, -0.25) is 9.58 Å². The number of aromatic nitrogens is 4. The van der Waals surface area contributed by atoms with Gasteiger partial charge >= 0.3 is 0 Å². The fraction of sp³-hybridized carbons (Fsp3) is 0.438. The van der Waals surface area contributed by atoms with Crippen molar-refractivity contribution in [2.75, 3.05) is 19.7 Å². The molecule has 3 aromatic rings. The lowest BCUT2D eigenvalue weighted by Crippen LogP contribution is -2.43. The molecule has 0 unspecified atom stereocenters. The van der Waals surface area contributed by atoms with Crippen molar-refractivity contribution in [2.24, 2.45) is 0 Å². The van der Waals surface area contributed by atoms with E-state index in [1.165, 1.54) is 6.33 Å². The average Bonchev–Trinajstić information content (AvgIpc) is 3.31. The highest BCUT2D eigenvalue weighted by molar-refractivity contribution is 5.44. The lowest BCUT2D eigenvalue weighted by atomic mass is 10.2. The molecule has 8 heteroatoms. The standard InChI is InChI=1S/C16H19N5O3/c1-12-14(19-16(24-12)15-3-2-5-23-15)9-20-4-6-22-13(7-20)8-21-11-17-10-18-21/h2-3,5,10-11,13H,4,6-9H2,1H3/t13-/m0/s1. The maximum atomic E-state index is 5.82. The van der Waals surface area contributed by atoms with Crippen LogP contribution < -0.4 is 0 Å². The molecule has 0 radical (unpaired) electrons. The molecule has 0 N–H and O–H groups in total. The van der Waals surface area contributed by atoms with Crippen LogP contribution in [0.2, 0.25) is 0 Å². The van der Waals surface area contributed by atoms with E-state index in [1.54, 1.807) is 17.3 Å². The Labute approximate surface area is 139 Å². The van der Waals surface area contributed by atoms with Gasteiger partial charge in [-0.1, -0.05) is 0 Å². The van der Waals surface area contributed by atoms with E-state index in [0.29, 0.717) is 24.8 Å². The van der Waals surface area contributed by atoms with Gasteiger partial charge < -0.3 is 13.6 Å². The van der Waals surface area contributed by atoms with Gasteiger partial charge in [0.15, 0.2) is 5.76 Å². The second kappa shape index (κ2) is 6.58. The third kappa shape index (κ3) is 3.24. The van der Waals surface area contributed by atoms with Gasteiger partial charge in [-0.2, -0.15) is 5.10 Å². The number of nitrogens with zero attached hydrogens (tertiary/aromatic N) is 5. The van der Waals surface area contributed by atoms with Crippen LogP contribution in [-0.2, 0) is 17.8 Å². The molecular weight excluding hydrogens is 310 g/mol. The predicted molar refractivity (Wildman–Crippen MR) is 84.0 cm³/mol. The zero-order valence-electron chi connectivity index (χ0n) is 13.5. The lowest BCUT2D eigenvalue weighted by Gasteiger charge is -2.32. The monoisotopic (exact) mass is 329 g/mol. The molecule has 4 heterocycles. The van der Waals surface area contributed by atoms with Crippen molar-refractivity contribution in [3.05, 3.63) is 42.5 Å². The zero-order chi connectivity index (χ0) is 16.4.